The van der Waals surface area contributed by atoms with Crippen LogP contribution in [0.15, 0.2) is 54.6 Å². The number of ether oxygens (including phenoxy) is 1. The number of fused-ring (bicyclic) bond motifs is 1. The second-order valence-corrected chi connectivity index (χ2v) is 10.4. The summed E-state index contributed by atoms with van der Waals surface area (Å²) >= 11 is 0. The van der Waals surface area contributed by atoms with E-state index in [1.54, 1.807) is 19.2 Å². The van der Waals surface area contributed by atoms with E-state index in [4.69, 9.17) is 4.74 Å². The summed E-state index contributed by atoms with van der Waals surface area (Å²) in [7, 11) is 1.76. The first-order valence-electron chi connectivity index (χ1n) is 12.2. The Morgan fingerprint density at radius 1 is 1.09 bits per heavy atom. The van der Waals surface area contributed by atoms with E-state index < -0.39 is 5.97 Å². The number of rotatable bonds is 9. The van der Waals surface area contributed by atoms with E-state index in [1.807, 2.05) is 12.1 Å². The Morgan fingerprint density at radius 3 is 2.36 bits per heavy atom. The second-order valence-electron chi connectivity index (χ2n) is 10.4. The normalized spacial score (nSPS) is 20.3. The van der Waals surface area contributed by atoms with Crippen LogP contribution in [0, 0.1) is 17.8 Å². The molecule has 0 heterocycles. The van der Waals surface area contributed by atoms with Crippen LogP contribution in [0.5, 0.6) is 5.75 Å². The second kappa shape index (κ2) is 9.21. The monoisotopic (exact) mass is 444 g/mol. The fourth-order valence-corrected chi connectivity index (χ4v) is 5.46. The van der Waals surface area contributed by atoms with Gasteiger partial charge in [0.2, 0.25) is 0 Å². The molecule has 0 aromatic heterocycles. The molecule has 1 aliphatic rings. The highest BCUT2D eigenvalue weighted by molar-refractivity contribution is 5.95. The van der Waals surface area contributed by atoms with Crippen LogP contribution >= 0.6 is 0 Å². The lowest BCUT2D eigenvalue weighted by Crippen LogP contribution is -2.25. The number of carboxylic acid groups (broad SMARTS) is 1. The standard InChI is InChI=1S/C30H36O3/c1-6-30(4,18-19(2)13-26-14-20(26)3)27-17-24(11-12-28(27)33-5)22-7-8-23-16-25(29(31)32)10-9-21(23)15-22/h7-12,15-17,19-20,26H,6,13-14,18H2,1-5H3,(H,31,32). The molecule has 1 saturated carbocycles. The van der Waals surface area contributed by atoms with Crippen LogP contribution in [0.25, 0.3) is 21.9 Å². The fourth-order valence-electron chi connectivity index (χ4n) is 5.46. The van der Waals surface area contributed by atoms with Crippen LogP contribution in [0.2, 0.25) is 0 Å². The van der Waals surface area contributed by atoms with Gasteiger partial charge in [-0.05, 0) is 101 Å². The maximum absolute atomic E-state index is 11.3. The first-order valence-corrected chi connectivity index (χ1v) is 12.2. The summed E-state index contributed by atoms with van der Waals surface area (Å²) in [5.41, 5.74) is 3.94. The van der Waals surface area contributed by atoms with Crippen molar-refractivity contribution in [2.45, 2.75) is 58.8 Å². The van der Waals surface area contributed by atoms with Crippen LogP contribution in [0.4, 0.5) is 0 Å². The van der Waals surface area contributed by atoms with Crippen LogP contribution in [0.1, 0.15) is 69.3 Å². The molecule has 3 heteroatoms. The van der Waals surface area contributed by atoms with Crippen LogP contribution in [0.3, 0.4) is 0 Å². The van der Waals surface area contributed by atoms with E-state index >= 15 is 0 Å². The molecule has 0 radical (unpaired) electrons. The molecule has 0 aliphatic heterocycles. The zero-order chi connectivity index (χ0) is 23.8. The van der Waals surface area contributed by atoms with Crippen molar-refractivity contribution in [1.82, 2.24) is 0 Å². The van der Waals surface area contributed by atoms with E-state index in [1.165, 1.54) is 18.4 Å². The van der Waals surface area contributed by atoms with Gasteiger partial charge in [0, 0.05) is 5.56 Å². The average molecular weight is 445 g/mol. The third kappa shape index (κ3) is 4.93. The maximum Gasteiger partial charge on any atom is 0.335 e. The minimum absolute atomic E-state index is 0.0478. The van der Waals surface area contributed by atoms with E-state index in [0.717, 1.165) is 52.3 Å². The number of aromatic carboxylic acids is 1. The van der Waals surface area contributed by atoms with Crippen molar-refractivity contribution >= 4 is 16.7 Å². The number of hydrogen-bond donors (Lipinski definition) is 1. The molecule has 4 atom stereocenters. The molecule has 3 aromatic rings. The summed E-state index contributed by atoms with van der Waals surface area (Å²) in [5, 5.41) is 11.3. The van der Waals surface area contributed by atoms with Crippen molar-refractivity contribution in [2.24, 2.45) is 17.8 Å². The molecule has 1 aliphatic carbocycles. The molecule has 4 unspecified atom stereocenters. The Bertz CT molecular complexity index is 1160. The Kier molecular flexibility index (Phi) is 6.52. The van der Waals surface area contributed by atoms with Gasteiger partial charge in [-0.3, -0.25) is 0 Å². The predicted molar refractivity (Wildman–Crippen MR) is 136 cm³/mol. The molecule has 1 fully saturated rings. The summed E-state index contributed by atoms with van der Waals surface area (Å²) in [6, 6.07) is 18.1. The zero-order valence-corrected chi connectivity index (χ0v) is 20.5. The van der Waals surface area contributed by atoms with Gasteiger partial charge >= 0.3 is 5.97 Å². The van der Waals surface area contributed by atoms with Crippen molar-refractivity contribution in [1.29, 1.82) is 0 Å². The summed E-state index contributed by atoms with van der Waals surface area (Å²) in [6.45, 7) is 9.45. The van der Waals surface area contributed by atoms with Crippen molar-refractivity contribution in [2.75, 3.05) is 7.11 Å². The largest absolute Gasteiger partial charge is 0.496 e. The Labute approximate surface area is 197 Å². The first kappa shape index (κ1) is 23.4. The smallest absolute Gasteiger partial charge is 0.335 e. The third-order valence-corrected chi connectivity index (χ3v) is 7.83. The van der Waals surface area contributed by atoms with Crippen molar-refractivity contribution in [3.8, 4) is 16.9 Å². The average Bonchev–Trinajstić information content (AvgIpc) is 3.51. The lowest BCUT2D eigenvalue weighted by Gasteiger charge is -2.33. The molecule has 3 nitrogen and oxygen atoms in total. The minimum Gasteiger partial charge on any atom is -0.496 e. The summed E-state index contributed by atoms with van der Waals surface area (Å²) in [4.78, 5) is 11.3. The van der Waals surface area contributed by atoms with Gasteiger partial charge in [-0.2, -0.15) is 0 Å². The van der Waals surface area contributed by atoms with Gasteiger partial charge in [0.25, 0.3) is 0 Å². The van der Waals surface area contributed by atoms with Crippen molar-refractivity contribution in [3.63, 3.8) is 0 Å². The van der Waals surface area contributed by atoms with Crippen LogP contribution < -0.4 is 4.74 Å². The van der Waals surface area contributed by atoms with Crippen molar-refractivity contribution in [3.05, 3.63) is 65.7 Å². The Morgan fingerprint density at radius 2 is 1.73 bits per heavy atom. The maximum atomic E-state index is 11.3. The molecule has 174 valence electrons. The fraction of sp³-hybridized carbons (Fsp3) is 0.433. The SMILES string of the molecule is CCC(C)(CC(C)CC1CC1C)c1cc(-c2ccc3cc(C(=O)O)ccc3c2)ccc1OC. The van der Waals surface area contributed by atoms with E-state index in [-0.39, 0.29) is 5.41 Å². The van der Waals surface area contributed by atoms with Gasteiger partial charge < -0.3 is 9.84 Å². The van der Waals surface area contributed by atoms with Crippen LogP contribution in [-0.2, 0) is 5.41 Å². The highest BCUT2D eigenvalue weighted by atomic mass is 16.5. The molecule has 0 saturated heterocycles. The number of carboxylic acids is 1. The summed E-state index contributed by atoms with van der Waals surface area (Å²) in [5.74, 6) is 2.56. The quantitative estimate of drug-likeness (QED) is 0.364. The number of carbonyl (C=O) groups is 1. The molecule has 4 rings (SSSR count). The molecule has 3 aromatic carbocycles. The van der Waals surface area contributed by atoms with E-state index in [2.05, 4.69) is 58.0 Å². The molecule has 1 N–H and O–H groups in total. The molecule has 0 spiro atoms. The van der Waals surface area contributed by atoms with E-state index in [9.17, 15) is 9.90 Å². The highest BCUT2D eigenvalue weighted by Gasteiger charge is 2.36. The molecular formula is C30H36O3. The van der Waals surface area contributed by atoms with Gasteiger partial charge in [-0.1, -0.05) is 52.0 Å². The van der Waals surface area contributed by atoms with Gasteiger partial charge in [-0.15, -0.1) is 0 Å². The predicted octanol–water partition coefficient (Wildman–Crippen LogP) is 7.95. The zero-order valence-electron chi connectivity index (χ0n) is 20.5. The van der Waals surface area contributed by atoms with Crippen molar-refractivity contribution < 1.29 is 14.6 Å². The van der Waals surface area contributed by atoms with Gasteiger partial charge in [0.15, 0.2) is 0 Å². The molecule has 0 bridgehead atoms. The minimum atomic E-state index is -0.898. The Balaban J connectivity index is 1.68. The number of hydrogen-bond acceptors (Lipinski definition) is 2. The summed E-state index contributed by atoms with van der Waals surface area (Å²) in [6.07, 6.45) is 4.93. The van der Waals surface area contributed by atoms with Gasteiger partial charge in [-0.25, -0.2) is 4.79 Å². The Hall–Kier alpha value is -2.81. The number of benzene rings is 3. The summed E-state index contributed by atoms with van der Waals surface area (Å²) < 4.78 is 5.83. The van der Waals surface area contributed by atoms with E-state index in [0.29, 0.717) is 11.5 Å². The lowest BCUT2D eigenvalue weighted by atomic mass is 9.72. The molecule has 33 heavy (non-hydrogen) atoms. The number of methoxy groups -OCH3 is 1. The first-order chi connectivity index (χ1) is 15.7. The van der Waals surface area contributed by atoms with Crippen LogP contribution in [-0.4, -0.2) is 18.2 Å². The highest BCUT2D eigenvalue weighted by Crippen LogP contribution is 2.47. The van der Waals surface area contributed by atoms with Gasteiger partial charge in [0.05, 0.1) is 12.7 Å². The molecular weight excluding hydrogens is 408 g/mol. The lowest BCUT2D eigenvalue weighted by molar-refractivity contribution is 0.0697. The molecule has 0 amide bonds. The third-order valence-electron chi connectivity index (χ3n) is 7.83. The topological polar surface area (TPSA) is 46.5 Å². The van der Waals surface area contributed by atoms with Gasteiger partial charge in [0.1, 0.15) is 5.75 Å².